The number of amides is 1. The monoisotopic (exact) mass is 414 g/mol. The molecule has 2 aromatic carbocycles. The molecule has 150 valence electrons. The number of esters is 1. The predicted molar refractivity (Wildman–Crippen MR) is 110 cm³/mol. The summed E-state index contributed by atoms with van der Waals surface area (Å²) in [6.07, 6.45) is 0. The first-order valence-electron chi connectivity index (χ1n) is 8.67. The van der Waals surface area contributed by atoms with E-state index in [1.54, 1.807) is 30.3 Å². The summed E-state index contributed by atoms with van der Waals surface area (Å²) < 4.78 is 15.7. The molecule has 0 saturated carbocycles. The maximum atomic E-state index is 12.3. The highest BCUT2D eigenvalue weighted by molar-refractivity contribution is 6.33. The summed E-state index contributed by atoms with van der Waals surface area (Å²) >= 11 is 6.14. The lowest BCUT2D eigenvalue weighted by atomic mass is 10.1. The number of hydrogen-bond acceptors (Lipinski definition) is 6. The summed E-state index contributed by atoms with van der Waals surface area (Å²) in [5.41, 5.74) is 2.05. The molecule has 1 aromatic heterocycles. The Morgan fingerprint density at radius 2 is 1.90 bits per heavy atom. The molecule has 1 amide bonds. The number of carbonyl (C=O) groups excluding carboxylic acids is 2. The fraction of sp³-hybridized carbons (Fsp3) is 0.190. The number of pyridine rings is 1. The van der Waals surface area contributed by atoms with E-state index in [1.165, 1.54) is 20.3 Å². The second-order valence-electron chi connectivity index (χ2n) is 6.20. The summed E-state index contributed by atoms with van der Waals surface area (Å²) in [5, 5.41) is 3.73. The van der Waals surface area contributed by atoms with Gasteiger partial charge in [-0.1, -0.05) is 17.7 Å². The highest BCUT2D eigenvalue weighted by Crippen LogP contribution is 2.29. The summed E-state index contributed by atoms with van der Waals surface area (Å²) in [5.74, 6) is -0.114. The molecule has 1 N–H and O–H groups in total. The molecule has 0 aliphatic carbocycles. The number of carbonyl (C=O) groups is 2. The number of ether oxygens (including phenoxy) is 3. The molecule has 0 aliphatic heterocycles. The third kappa shape index (κ3) is 4.75. The SMILES string of the molecule is COC(=O)c1cc(OCC(=O)Nc2ccc(C)cc2Cl)c2cc(OC)ccc2n1. The molecule has 7 nitrogen and oxygen atoms in total. The molecule has 0 spiro atoms. The van der Waals surface area contributed by atoms with Crippen molar-refractivity contribution in [3.05, 3.63) is 58.7 Å². The Balaban J connectivity index is 1.85. The Morgan fingerprint density at radius 3 is 2.59 bits per heavy atom. The van der Waals surface area contributed by atoms with Crippen molar-refractivity contribution in [1.82, 2.24) is 4.98 Å². The zero-order chi connectivity index (χ0) is 21.0. The van der Waals surface area contributed by atoms with Crippen LogP contribution in [0.5, 0.6) is 11.5 Å². The topological polar surface area (TPSA) is 86.8 Å². The normalized spacial score (nSPS) is 10.5. The average molecular weight is 415 g/mol. The van der Waals surface area contributed by atoms with E-state index in [-0.39, 0.29) is 12.3 Å². The minimum atomic E-state index is -0.608. The van der Waals surface area contributed by atoms with Crippen molar-refractivity contribution < 1.29 is 23.8 Å². The van der Waals surface area contributed by atoms with Crippen molar-refractivity contribution in [3.63, 3.8) is 0 Å². The van der Waals surface area contributed by atoms with Crippen LogP contribution in [0.1, 0.15) is 16.1 Å². The van der Waals surface area contributed by atoms with Gasteiger partial charge in [0.05, 0.1) is 30.4 Å². The van der Waals surface area contributed by atoms with Crippen LogP contribution in [0, 0.1) is 6.92 Å². The van der Waals surface area contributed by atoms with Gasteiger partial charge in [-0.05, 0) is 42.8 Å². The number of methoxy groups -OCH3 is 2. The molecule has 3 rings (SSSR count). The second-order valence-corrected chi connectivity index (χ2v) is 6.61. The van der Waals surface area contributed by atoms with Crippen LogP contribution in [-0.4, -0.2) is 37.7 Å². The van der Waals surface area contributed by atoms with Crippen LogP contribution in [0.2, 0.25) is 5.02 Å². The third-order valence-corrected chi connectivity index (χ3v) is 4.44. The number of rotatable bonds is 6. The fourth-order valence-electron chi connectivity index (χ4n) is 2.68. The molecular weight excluding hydrogens is 396 g/mol. The Bertz CT molecular complexity index is 1080. The predicted octanol–water partition coefficient (Wildman–Crippen LogP) is 4.01. The van der Waals surface area contributed by atoms with E-state index < -0.39 is 11.9 Å². The molecule has 1 heterocycles. The van der Waals surface area contributed by atoms with E-state index in [9.17, 15) is 9.59 Å². The fourth-order valence-corrected chi connectivity index (χ4v) is 2.96. The number of anilines is 1. The maximum absolute atomic E-state index is 12.3. The first-order valence-corrected chi connectivity index (χ1v) is 9.05. The number of nitrogens with zero attached hydrogens (tertiary/aromatic N) is 1. The molecule has 0 saturated heterocycles. The molecular formula is C21H19ClN2O5. The molecule has 8 heteroatoms. The lowest BCUT2D eigenvalue weighted by Gasteiger charge is -2.12. The first-order chi connectivity index (χ1) is 13.9. The van der Waals surface area contributed by atoms with Crippen molar-refractivity contribution in [3.8, 4) is 11.5 Å². The van der Waals surface area contributed by atoms with Crippen molar-refractivity contribution in [1.29, 1.82) is 0 Å². The minimum absolute atomic E-state index is 0.0714. The number of aromatic nitrogens is 1. The number of benzene rings is 2. The van der Waals surface area contributed by atoms with Gasteiger partial charge in [0, 0.05) is 11.5 Å². The summed E-state index contributed by atoms with van der Waals surface area (Å²) in [6.45, 7) is 1.61. The van der Waals surface area contributed by atoms with Crippen LogP contribution >= 0.6 is 11.6 Å². The Hall–Kier alpha value is -3.32. The molecule has 0 radical (unpaired) electrons. The highest BCUT2D eigenvalue weighted by Gasteiger charge is 2.15. The van der Waals surface area contributed by atoms with Gasteiger partial charge < -0.3 is 19.5 Å². The quantitative estimate of drug-likeness (QED) is 0.613. The molecule has 0 unspecified atom stereocenters. The van der Waals surface area contributed by atoms with Gasteiger partial charge in [-0.3, -0.25) is 4.79 Å². The number of halogens is 1. The first kappa shape index (κ1) is 20.4. The summed E-state index contributed by atoms with van der Waals surface area (Å²) in [6, 6.07) is 11.9. The van der Waals surface area contributed by atoms with E-state index in [2.05, 4.69) is 10.3 Å². The number of aryl methyl sites for hydroxylation is 1. The molecule has 0 bridgehead atoms. The van der Waals surface area contributed by atoms with Gasteiger partial charge >= 0.3 is 5.97 Å². The van der Waals surface area contributed by atoms with Crippen molar-refractivity contribution in [2.75, 3.05) is 26.1 Å². The van der Waals surface area contributed by atoms with Crippen LogP contribution in [0.25, 0.3) is 10.9 Å². The standard InChI is InChI=1S/C21H19ClN2O5/c1-12-4-6-17(15(22)8-12)24-20(25)11-29-19-10-18(21(26)28-3)23-16-7-5-13(27-2)9-14(16)19/h4-10H,11H2,1-3H3,(H,24,25). The van der Waals surface area contributed by atoms with Gasteiger partial charge in [-0.25, -0.2) is 9.78 Å². The van der Waals surface area contributed by atoms with Gasteiger partial charge in [0.25, 0.3) is 5.91 Å². The molecule has 0 aliphatic rings. The number of nitrogens with one attached hydrogen (secondary N) is 1. The van der Waals surface area contributed by atoms with Crippen molar-refractivity contribution in [2.45, 2.75) is 6.92 Å². The van der Waals surface area contributed by atoms with Crippen molar-refractivity contribution >= 4 is 40.1 Å². The third-order valence-electron chi connectivity index (χ3n) is 4.13. The van der Waals surface area contributed by atoms with Gasteiger partial charge in [0.1, 0.15) is 11.5 Å². The smallest absolute Gasteiger partial charge is 0.356 e. The molecule has 29 heavy (non-hydrogen) atoms. The van der Waals surface area contributed by atoms with E-state index in [1.807, 2.05) is 13.0 Å². The van der Waals surface area contributed by atoms with Gasteiger partial charge in [-0.2, -0.15) is 0 Å². The maximum Gasteiger partial charge on any atom is 0.356 e. The number of hydrogen-bond donors (Lipinski definition) is 1. The molecule has 0 atom stereocenters. The highest BCUT2D eigenvalue weighted by atomic mass is 35.5. The Labute approximate surface area is 172 Å². The summed E-state index contributed by atoms with van der Waals surface area (Å²) in [7, 11) is 2.80. The zero-order valence-corrected chi connectivity index (χ0v) is 16.9. The second kappa shape index (κ2) is 8.79. The van der Waals surface area contributed by atoms with Crippen molar-refractivity contribution in [2.24, 2.45) is 0 Å². The van der Waals surface area contributed by atoms with Crippen LogP contribution < -0.4 is 14.8 Å². The largest absolute Gasteiger partial charge is 0.497 e. The van der Waals surface area contributed by atoms with Crippen LogP contribution in [-0.2, 0) is 9.53 Å². The Morgan fingerprint density at radius 1 is 1.10 bits per heavy atom. The minimum Gasteiger partial charge on any atom is -0.497 e. The average Bonchev–Trinajstić information content (AvgIpc) is 2.72. The van der Waals surface area contributed by atoms with E-state index in [4.69, 9.17) is 25.8 Å². The number of fused-ring (bicyclic) bond motifs is 1. The van der Waals surface area contributed by atoms with E-state index >= 15 is 0 Å². The lowest BCUT2D eigenvalue weighted by molar-refractivity contribution is -0.118. The zero-order valence-electron chi connectivity index (χ0n) is 16.1. The van der Waals surface area contributed by atoms with Gasteiger partial charge in [0.2, 0.25) is 0 Å². The van der Waals surface area contributed by atoms with Crippen LogP contribution in [0.3, 0.4) is 0 Å². The molecule has 0 fully saturated rings. The van der Waals surface area contributed by atoms with E-state index in [0.29, 0.717) is 33.1 Å². The van der Waals surface area contributed by atoms with Crippen LogP contribution in [0.4, 0.5) is 5.69 Å². The Kier molecular flexibility index (Phi) is 6.19. The van der Waals surface area contributed by atoms with E-state index in [0.717, 1.165) is 5.56 Å². The van der Waals surface area contributed by atoms with Gasteiger partial charge in [0.15, 0.2) is 12.3 Å². The molecule has 3 aromatic rings. The summed E-state index contributed by atoms with van der Waals surface area (Å²) in [4.78, 5) is 28.5. The van der Waals surface area contributed by atoms with Gasteiger partial charge in [-0.15, -0.1) is 0 Å². The lowest BCUT2D eigenvalue weighted by Crippen LogP contribution is -2.20. The van der Waals surface area contributed by atoms with Crippen LogP contribution in [0.15, 0.2) is 42.5 Å².